The molecule has 26 heavy (non-hydrogen) atoms. The third kappa shape index (κ3) is 4.89. The van der Waals surface area contributed by atoms with Gasteiger partial charge < -0.3 is 14.2 Å². The fraction of sp³-hybridized carbons (Fsp3) is 0.647. The van der Waals surface area contributed by atoms with E-state index < -0.39 is 30.3 Å². The highest BCUT2D eigenvalue weighted by Gasteiger charge is 2.73. The van der Waals surface area contributed by atoms with Crippen molar-refractivity contribution in [1.29, 1.82) is 0 Å². The summed E-state index contributed by atoms with van der Waals surface area (Å²) < 4.78 is 95.4. The molecule has 0 fully saturated rings. The molecule has 9 heteroatoms. The van der Waals surface area contributed by atoms with Crippen LogP contribution in [0.3, 0.4) is 0 Å². The topological polar surface area (TPSA) is 27.7 Å². The van der Waals surface area contributed by atoms with E-state index in [9.17, 15) is 26.3 Å². The molecule has 0 heterocycles. The molecule has 1 aromatic rings. The van der Waals surface area contributed by atoms with Crippen molar-refractivity contribution in [2.24, 2.45) is 0 Å². The molecule has 0 amide bonds. The van der Waals surface area contributed by atoms with Gasteiger partial charge in [-0.05, 0) is 17.9 Å². The van der Waals surface area contributed by atoms with Gasteiger partial charge in [0.1, 0.15) is 6.79 Å². The summed E-state index contributed by atoms with van der Waals surface area (Å²) in [4.78, 5) is 0. The highest BCUT2D eigenvalue weighted by molar-refractivity contribution is 5.33. The van der Waals surface area contributed by atoms with Crippen molar-refractivity contribution in [2.45, 2.75) is 44.1 Å². The Hall–Kier alpha value is -1.32. The third-order valence-electron chi connectivity index (χ3n) is 4.06. The van der Waals surface area contributed by atoms with E-state index in [1.54, 1.807) is 13.8 Å². The smallest absolute Gasteiger partial charge is 0.382 e. The number of ether oxygens (including phenoxy) is 3. The average molecular weight is 388 g/mol. The standard InChI is InChI=1S/C17H22F6O3/c1-4-12(2)13-6-5-7-14(10-13)15(16(18,19)20,17(21,22)23)26-11-25-9-8-24-3/h5-7,10,12H,4,8-9,11H2,1-3H3. The molecule has 0 bridgehead atoms. The van der Waals surface area contributed by atoms with Gasteiger partial charge in [0.25, 0.3) is 5.60 Å². The minimum absolute atomic E-state index is 0.0118. The SMILES string of the molecule is CCC(C)c1cccc(C(OCOCCOC)(C(F)(F)F)C(F)(F)F)c1. The summed E-state index contributed by atoms with van der Waals surface area (Å²) in [5.41, 5.74) is -5.13. The largest absolute Gasteiger partial charge is 0.430 e. The lowest BCUT2D eigenvalue weighted by Crippen LogP contribution is -2.56. The number of hydrogen-bond donors (Lipinski definition) is 0. The van der Waals surface area contributed by atoms with Gasteiger partial charge in [0, 0.05) is 12.7 Å². The van der Waals surface area contributed by atoms with E-state index in [1.165, 1.54) is 13.2 Å². The molecule has 0 aliphatic carbocycles. The Morgan fingerprint density at radius 3 is 2.12 bits per heavy atom. The molecule has 1 aromatic carbocycles. The highest BCUT2D eigenvalue weighted by Crippen LogP contribution is 2.53. The van der Waals surface area contributed by atoms with Crippen molar-refractivity contribution in [3.63, 3.8) is 0 Å². The summed E-state index contributed by atoms with van der Waals surface area (Å²) in [7, 11) is 1.32. The van der Waals surface area contributed by atoms with Crippen molar-refractivity contribution < 1.29 is 40.6 Å². The monoisotopic (exact) mass is 388 g/mol. The molecule has 1 atom stereocenters. The molecule has 1 rings (SSSR count). The predicted octanol–water partition coefficient (Wildman–Crippen LogP) is 5.16. The Balaban J connectivity index is 3.35. The summed E-state index contributed by atoms with van der Waals surface area (Å²) in [6, 6.07) is 4.31. The van der Waals surface area contributed by atoms with Crippen molar-refractivity contribution in [3.8, 4) is 0 Å². The lowest BCUT2D eigenvalue weighted by Gasteiger charge is -2.37. The second-order valence-corrected chi connectivity index (χ2v) is 5.77. The van der Waals surface area contributed by atoms with Crippen molar-refractivity contribution in [2.75, 3.05) is 27.1 Å². The Bertz CT molecular complexity index is 542. The third-order valence-corrected chi connectivity index (χ3v) is 4.06. The van der Waals surface area contributed by atoms with E-state index in [-0.39, 0.29) is 19.1 Å². The Labute approximate surface area is 148 Å². The van der Waals surface area contributed by atoms with E-state index in [1.807, 2.05) is 0 Å². The van der Waals surface area contributed by atoms with Crippen LogP contribution in [0.25, 0.3) is 0 Å². The van der Waals surface area contributed by atoms with Crippen LogP contribution in [-0.2, 0) is 19.8 Å². The molecular formula is C17H22F6O3. The van der Waals surface area contributed by atoms with Gasteiger partial charge in [-0.2, -0.15) is 26.3 Å². The zero-order chi connectivity index (χ0) is 20.0. The fourth-order valence-electron chi connectivity index (χ4n) is 2.37. The summed E-state index contributed by atoms with van der Waals surface area (Å²) in [5, 5.41) is 0. The van der Waals surface area contributed by atoms with Gasteiger partial charge in [-0.15, -0.1) is 0 Å². The van der Waals surface area contributed by atoms with Crippen LogP contribution in [0.2, 0.25) is 0 Å². The minimum atomic E-state index is -5.73. The second-order valence-electron chi connectivity index (χ2n) is 5.77. The maximum absolute atomic E-state index is 13.6. The van der Waals surface area contributed by atoms with E-state index in [0.717, 1.165) is 18.2 Å². The van der Waals surface area contributed by atoms with Crippen LogP contribution >= 0.6 is 0 Å². The molecular weight excluding hydrogens is 366 g/mol. The number of alkyl halides is 6. The normalized spacial score (nSPS) is 14.5. The van der Waals surface area contributed by atoms with Gasteiger partial charge in [0.05, 0.1) is 13.2 Å². The van der Waals surface area contributed by atoms with Gasteiger partial charge in [-0.3, -0.25) is 0 Å². The summed E-state index contributed by atoms with van der Waals surface area (Å²) in [6.07, 6.45) is -10.9. The zero-order valence-electron chi connectivity index (χ0n) is 14.7. The van der Waals surface area contributed by atoms with Crippen LogP contribution < -0.4 is 0 Å². The van der Waals surface area contributed by atoms with Gasteiger partial charge in [-0.1, -0.05) is 38.1 Å². The molecule has 0 saturated heterocycles. The lowest BCUT2D eigenvalue weighted by molar-refractivity contribution is -0.401. The Morgan fingerprint density at radius 2 is 1.62 bits per heavy atom. The number of methoxy groups -OCH3 is 1. The molecule has 0 spiro atoms. The van der Waals surface area contributed by atoms with E-state index in [0.29, 0.717) is 12.0 Å². The maximum Gasteiger partial charge on any atom is 0.430 e. The van der Waals surface area contributed by atoms with E-state index in [4.69, 9.17) is 4.74 Å². The van der Waals surface area contributed by atoms with Crippen LogP contribution in [0.5, 0.6) is 0 Å². The molecule has 0 radical (unpaired) electrons. The molecule has 0 aliphatic rings. The van der Waals surface area contributed by atoms with Crippen LogP contribution in [-0.4, -0.2) is 39.5 Å². The van der Waals surface area contributed by atoms with Gasteiger partial charge in [0.15, 0.2) is 0 Å². The second kappa shape index (κ2) is 9.05. The number of rotatable bonds is 9. The minimum Gasteiger partial charge on any atom is -0.382 e. The Kier molecular flexibility index (Phi) is 7.91. The first-order chi connectivity index (χ1) is 12.0. The molecule has 1 unspecified atom stereocenters. The molecule has 150 valence electrons. The Morgan fingerprint density at radius 1 is 1.00 bits per heavy atom. The molecule has 3 nitrogen and oxygen atoms in total. The fourth-order valence-corrected chi connectivity index (χ4v) is 2.37. The quantitative estimate of drug-likeness (QED) is 0.332. The summed E-state index contributed by atoms with van der Waals surface area (Å²) in [6.45, 7) is 2.14. The van der Waals surface area contributed by atoms with Crippen LogP contribution in [0.1, 0.15) is 37.3 Å². The highest BCUT2D eigenvalue weighted by atomic mass is 19.4. The van der Waals surface area contributed by atoms with Crippen LogP contribution in [0.15, 0.2) is 24.3 Å². The van der Waals surface area contributed by atoms with Crippen molar-refractivity contribution in [3.05, 3.63) is 35.4 Å². The molecule has 0 saturated carbocycles. The van der Waals surface area contributed by atoms with Gasteiger partial charge >= 0.3 is 12.4 Å². The molecule has 0 aromatic heterocycles. The van der Waals surface area contributed by atoms with Crippen molar-refractivity contribution >= 4 is 0 Å². The first-order valence-electron chi connectivity index (χ1n) is 7.95. The van der Waals surface area contributed by atoms with Gasteiger partial charge in [0.2, 0.25) is 0 Å². The van der Waals surface area contributed by atoms with E-state index >= 15 is 0 Å². The van der Waals surface area contributed by atoms with Gasteiger partial charge in [-0.25, -0.2) is 0 Å². The van der Waals surface area contributed by atoms with Crippen molar-refractivity contribution in [1.82, 2.24) is 0 Å². The molecule has 0 aliphatic heterocycles. The number of hydrogen-bond acceptors (Lipinski definition) is 3. The zero-order valence-corrected chi connectivity index (χ0v) is 14.7. The average Bonchev–Trinajstić information content (AvgIpc) is 2.55. The number of benzene rings is 1. The van der Waals surface area contributed by atoms with E-state index in [2.05, 4.69) is 9.47 Å². The lowest BCUT2D eigenvalue weighted by atomic mass is 9.88. The summed E-state index contributed by atoms with van der Waals surface area (Å²) in [5.74, 6) is -0.202. The first-order valence-corrected chi connectivity index (χ1v) is 7.95. The summed E-state index contributed by atoms with van der Waals surface area (Å²) >= 11 is 0. The first kappa shape index (κ1) is 22.7. The number of halogens is 6. The predicted molar refractivity (Wildman–Crippen MR) is 82.7 cm³/mol. The van der Waals surface area contributed by atoms with Crippen LogP contribution in [0.4, 0.5) is 26.3 Å². The molecule has 0 N–H and O–H groups in total. The van der Waals surface area contributed by atoms with Crippen LogP contribution in [0, 0.1) is 0 Å². The maximum atomic E-state index is 13.6.